The van der Waals surface area contributed by atoms with Crippen molar-refractivity contribution in [1.29, 1.82) is 0 Å². The van der Waals surface area contributed by atoms with E-state index in [4.69, 9.17) is 0 Å². The second kappa shape index (κ2) is 21.8. The summed E-state index contributed by atoms with van der Waals surface area (Å²) in [5, 5.41) is 84.6. The van der Waals surface area contributed by atoms with E-state index in [9.17, 15) is 69.6 Å². The summed E-state index contributed by atoms with van der Waals surface area (Å²) in [5.74, 6) is -1.51. The fraction of sp³-hybridized carbons (Fsp3) is 0.500. The predicted molar refractivity (Wildman–Crippen MR) is 139 cm³/mol. The number of aliphatic hydroxyl groups is 6. The Kier molecular flexibility index (Phi) is 23.2. The van der Waals surface area contributed by atoms with Crippen LogP contribution >= 0.6 is 15.2 Å². The molecule has 0 aromatic heterocycles. The topological polar surface area (TPSA) is 300 Å². The normalized spacial score (nSPS) is 13.2. The number of nitrogens with zero attached hydrogens (tertiary/aromatic N) is 2. The molecule has 2 rings (SSSR count). The summed E-state index contributed by atoms with van der Waals surface area (Å²) in [6.45, 7) is -6.29. The number of rotatable bonds is 17. The SMILES string of the molecule is O=P([O-])([O-])CN(Cc1c([O-])cc(CO)cc1CO)C(CO)C(CO)N(Cc1c([O-])ccc(CO)c1CO)CP(=O)([O-])[O-].[Ca+2].[Fe+3].[Na+]. The number of benzene rings is 2. The van der Waals surface area contributed by atoms with Gasteiger partial charge in [0.15, 0.2) is 0 Å². The van der Waals surface area contributed by atoms with Crippen LogP contribution in [-0.4, -0.2) is 116 Å². The Morgan fingerprint density at radius 3 is 1.49 bits per heavy atom. The predicted octanol–water partition coefficient (Wildman–Crippen LogP) is -8.81. The summed E-state index contributed by atoms with van der Waals surface area (Å²) in [7, 11) is -11.0. The minimum absolute atomic E-state index is 0. The molecule has 45 heavy (non-hydrogen) atoms. The van der Waals surface area contributed by atoms with Gasteiger partial charge in [-0.1, -0.05) is 39.5 Å². The molecule has 0 aliphatic heterocycles. The van der Waals surface area contributed by atoms with Crippen molar-refractivity contribution in [2.75, 3.05) is 25.8 Å². The first kappa shape index (κ1) is 47.9. The molecule has 2 unspecified atom stereocenters. The number of hydrogen-bond acceptors (Lipinski definition) is 16. The summed E-state index contributed by atoms with van der Waals surface area (Å²) in [5.41, 5.74) is -0.414. The summed E-state index contributed by atoms with van der Waals surface area (Å²) < 4.78 is 23.7. The van der Waals surface area contributed by atoms with Gasteiger partial charge in [-0.05, 0) is 33.4 Å². The van der Waals surface area contributed by atoms with Crippen molar-refractivity contribution in [2.24, 2.45) is 0 Å². The van der Waals surface area contributed by atoms with Gasteiger partial charge in [-0.15, -0.1) is 11.5 Å². The standard InChI is InChI=1S/C24H38N2O14P2.Ca.Fe.Na/c27-7-15-3-17(9-29)18(24(34)4-15)5-25(13-41(35,36)37)21(11-31)22(12-32)26(14-42(38,39)40)6-19-20(10-30)16(8-28)1-2-23(19)33;;;/h1-4,21-22,27-34H,5-14H2,(H2,35,36,37)(H2,38,39,40);;;/q;+2;+3;+1/p-6. The van der Waals surface area contributed by atoms with Crippen LogP contribution in [0.4, 0.5) is 0 Å². The first-order valence-corrected chi connectivity index (χ1v) is 15.9. The Hall–Kier alpha value is 0.799. The van der Waals surface area contributed by atoms with Gasteiger partial charge in [0.2, 0.25) is 0 Å². The van der Waals surface area contributed by atoms with E-state index in [-0.39, 0.29) is 118 Å². The van der Waals surface area contributed by atoms with E-state index >= 15 is 0 Å². The van der Waals surface area contributed by atoms with E-state index in [1.807, 2.05) is 0 Å². The van der Waals surface area contributed by atoms with E-state index in [1.54, 1.807) is 0 Å². The van der Waals surface area contributed by atoms with E-state index < -0.39 is 104 Å². The van der Waals surface area contributed by atoms with Crippen molar-refractivity contribution in [2.45, 2.75) is 51.6 Å². The van der Waals surface area contributed by atoms with Gasteiger partial charge in [0.1, 0.15) is 0 Å². The fourth-order valence-corrected chi connectivity index (χ4v) is 6.28. The average molecular weight is 753 g/mol. The second-order valence-corrected chi connectivity index (χ2v) is 12.6. The molecule has 0 spiro atoms. The van der Waals surface area contributed by atoms with Crippen LogP contribution in [-0.2, 0) is 65.7 Å². The molecule has 0 aliphatic carbocycles. The van der Waals surface area contributed by atoms with Crippen molar-refractivity contribution < 1.29 is 116 Å². The van der Waals surface area contributed by atoms with Crippen LogP contribution in [0, 0.1) is 0 Å². The first-order valence-electron chi connectivity index (χ1n) is 12.4. The maximum atomic E-state index is 12.8. The van der Waals surface area contributed by atoms with Crippen LogP contribution < -0.4 is 59.3 Å². The van der Waals surface area contributed by atoms with Crippen molar-refractivity contribution >= 4 is 52.9 Å². The number of aliphatic hydroxyl groups excluding tert-OH is 6. The zero-order valence-corrected chi connectivity index (χ0v) is 31.4. The van der Waals surface area contributed by atoms with E-state index in [0.29, 0.717) is 0 Å². The average Bonchev–Trinajstić information content (AvgIpc) is 2.91. The zero-order valence-electron chi connectivity index (χ0n) is 24.3. The third kappa shape index (κ3) is 14.3. The van der Waals surface area contributed by atoms with Crippen molar-refractivity contribution in [1.82, 2.24) is 9.80 Å². The smallest absolute Gasteiger partial charge is 0.872 e. The molecule has 0 fully saturated rings. The summed E-state index contributed by atoms with van der Waals surface area (Å²) >= 11 is 0. The van der Waals surface area contributed by atoms with Crippen LogP contribution in [0.15, 0.2) is 24.3 Å². The Balaban J connectivity index is 0. The third-order valence-corrected chi connectivity index (χ3v) is 8.14. The monoisotopic (exact) mass is 753 g/mol. The van der Waals surface area contributed by atoms with Gasteiger partial charge in [0.05, 0.1) is 51.7 Å². The summed E-state index contributed by atoms with van der Waals surface area (Å²) in [6.07, 6.45) is -2.71. The molecule has 0 saturated heterocycles. The third-order valence-electron chi connectivity index (χ3n) is 6.72. The maximum absolute atomic E-state index is 12.8. The number of hydrogen-bond donors (Lipinski definition) is 6. The van der Waals surface area contributed by atoms with E-state index in [1.165, 1.54) is 12.1 Å². The van der Waals surface area contributed by atoms with Gasteiger partial charge in [0.25, 0.3) is 0 Å². The fourth-order valence-electron chi connectivity index (χ4n) is 4.77. The van der Waals surface area contributed by atoms with Crippen LogP contribution in [0.3, 0.4) is 0 Å². The molecule has 0 heterocycles. The Labute approximate surface area is 322 Å². The molecule has 2 aromatic rings. The van der Waals surface area contributed by atoms with Crippen LogP contribution in [0.25, 0.3) is 0 Å². The second-order valence-electron chi connectivity index (χ2n) is 9.54. The van der Waals surface area contributed by atoms with Crippen molar-refractivity contribution in [3.8, 4) is 11.5 Å². The molecule has 243 valence electrons. The molecule has 0 amide bonds. The Morgan fingerprint density at radius 2 is 1.11 bits per heavy atom. The molecule has 0 aliphatic rings. The minimum Gasteiger partial charge on any atom is -0.872 e. The molecular weight excluding hydrogens is 721 g/mol. The summed E-state index contributed by atoms with van der Waals surface area (Å²) in [4.78, 5) is 49.0. The minimum atomic E-state index is -5.49. The molecule has 0 bridgehead atoms. The Morgan fingerprint density at radius 1 is 0.644 bits per heavy atom. The van der Waals surface area contributed by atoms with Gasteiger partial charge >= 0.3 is 84.4 Å². The van der Waals surface area contributed by atoms with Gasteiger partial charge in [0, 0.05) is 25.7 Å². The van der Waals surface area contributed by atoms with Gasteiger partial charge in [-0.25, -0.2) is 0 Å². The first-order chi connectivity index (χ1) is 19.6. The Bertz CT molecular complexity index is 1300. The molecule has 1 radical (unpaired) electrons. The van der Waals surface area contributed by atoms with Crippen LogP contribution in [0.2, 0.25) is 0 Å². The van der Waals surface area contributed by atoms with Crippen molar-refractivity contribution in [3.05, 3.63) is 57.6 Å². The van der Waals surface area contributed by atoms with Crippen LogP contribution in [0.1, 0.15) is 33.4 Å². The van der Waals surface area contributed by atoms with Gasteiger partial charge in [-0.2, -0.15) is 0 Å². The van der Waals surface area contributed by atoms with E-state index in [0.717, 1.165) is 21.9 Å². The van der Waals surface area contributed by atoms with Crippen molar-refractivity contribution in [3.63, 3.8) is 0 Å². The molecule has 0 saturated carbocycles. The molecule has 2 atom stereocenters. The van der Waals surface area contributed by atoms with Crippen LogP contribution in [0.5, 0.6) is 11.5 Å². The largest absolute Gasteiger partial charge is 3.00 e. The molecule has 2 aromatic carbocycles. The zero-order chi connectivity index (χ0) is 31.8. The quantitative estimate of drug-likeness (QED) is 0.0646. The molecule has 16 nitrogen and oxygen atoms in total. The molecule has 6 N–H and O–H groups in total. The van der Waals surface area contributed by atoms with E-state index in [2.05, 4.69) is 0 Å². The van der Waals surface area contributed by atoms with Gasteiger partial charge < -0.3 is 69.6 Å². The summed E-state index contributed by atoms with van der Waals surface area (Å²) in [6, 6.07) is 1.16. The molecular formula is C24H32CaFeN2NaO14P2. The maximum Gasteiger partial charge on any atom is 3.00 e. The molecule has 21 heteroatoms. The van der Waals surface area contributed by atoms with Gasteiger partial charge in [-0.3, -0.25) is 9.80 Å².